The SMILES string of the molecule is O=C(NCC(CCO)c1ccccc1)c1ccnc(Br)c1. The largest absolute Gasteiger partial charge is 0.396 e. The maximum absolute atomic E-state index is 12.1. The van der Waals surface area contributed by atoms with Gasteiger partial charge >= 0.3 is 0 Å². The van der Waals surface area contributed by atoms with Gasteiger partial charge in [0.25, 0.3) is 5.91 Å². The van der Waals surface area contributed by atoms with Crippen LogP contribution in [-0.4, -0.2) is 29.1 Å². The molecule has 0 bridgehead atoms. The molecule has 21 heavy (non-hydrogen) atoms. The summed E-state index contributed by atoms with van der Waals surface area (Å²) in [5.74, 6) is -0.0394. The maximum Gasteiger partial charge on any atom is 0.251 e. The van der Waals surface area contributed by atoms with Crippen molar-refractivity contribution in [1.29, 1.82) is 0 Å². The van der Waals surface area contributed by atoms with E-state index in [1.807, 2.05) is 30.3 Å². The summed E-state index contributed by atoms with van der Waals surface area (Å²) in [6.45, 7) is 0.583. The second-order valence-electron chi connectivity index (χ2n) is 4.70. The predicted molar refractivity (Wildman–Crippen MR) is 85.2 cm³/mol. The van der Waals surface area contributed by atoms with Crippen molar-refractivity contribution < 1.29 is 9.90 Å². The van der Waals surface area contributed by atoms with E-state index < -0.39 is 0 Å². The number of aliphatic hydroxyl groups excluding tert-OH is 1. The first kappa shape index (κ1) is 15.7. The number of hydrogen-bond acceptors (Lipinski definition) is 3. The van der Waals surface area contributed by atoms with E-state index in [9.17, 15) is 9.90 Å². The Kier molecular flexibility index (Phi) is 5.90. The van der Waals surface area contributed by atoms with Crippen molar-refractivity contribution in [1.82, 2.24) is 10.3 Å². The lowest BCUT2D eigenvalue weighted by atomic mass is 9.96. The lowest BCUT2D eigenvalue weighted by Crippen LogP contribution is -2.28. The number of halogens is 1. The fourth-order valence-corrected chi connectivity index (χ4v) is 2.49. The third kappa shape index (κ3) is 4.65. The Bertz CT molecular complexity index is 590. The number of carbonyl (C=O) groups excluding carboxylic acids is 1. The number of nitrogens with one attached hydrogen (secondary N) is 1. The van der Waals surface area contributed by atoms with Crippen LogP contribution in [0.15, 0.2) is 53.3 Å². The van der Waals surface area contributed by atoms with Gasteiger partial charge in [0.2, 0.25) is 0 Å². The van der Waals surface area contributed by atoms with Gasteiger partial charge in [-0.25, -0.2) is 4.98 Å². The number of amides is 1. The molecule has 2 N–H and O–H groups in total. The van der Waals surface area contributed by atoms with Crippen molar-refractivity contribution in [2.75, 3.05) is 13.2 Å². The summed E-state index contributed by atoms with van der Waals surface area (Å²) in [6, 6.07) is 13.2. The number of rotatable bonds is 6. The molecule has 0 aliphatic heterocycles. The van der Waals surface area contributed by atoms with E-state index >= 15 is 0 Å². The first-order valence-corrected chi connectivity index (χ1v) is 7.55. The molecule has 1 amide bonds. The van der Waals surface area contributed by atoms with Crippen molar-refractivity contribution in [2.45, 2.75) is 12.3 Å². The Labute approximate surface area is 132 Å². The minimum Gasteiger partial charge on any atom is -0.396 e. The molecule has 0 saturated heterocycles. The van der Waals surface area contributed by atoms with Crippen molar-refractivity contribution >= 4 is 21.8 Å². The average molecular weight is 349 g/mol. The van der Waals surface area contributed by atoms with Crippen molar-refractivity contribution in [2.24, 2.45) is 0 Å². The van der Waals surface area contributed by atoms with Gasteiger partial charge in [0.1, 0.15) is 4.60 Å². The van der Waals surface area contributed by atoms with Crippen LogP contribution < -0.4 is 5.32 Å². The van der Waals surface area contributed by atoms with Crippen LogP contribution in [0.4, 0.5) is 0 Å². The highest BCUT2D eigenvalue weighted by atomic mass is 79.9. The van der Waals surface area contributed by atoms with Crippen molar-refractivity contribution in [3.8, 4) is 0 Å². The van der Waals surface area contributed by atoms with E-state index in [0.29, 0.717) is 23.1 Å². The summed E-state index contributed by atoms with van der Waals surface area (Å²) >= 11 is 3.25. The van der Waals surface area contributed by atoms with Crippen LogP contribution in [0.5, 0.6) is 0 Å². The van der Waals surface area contributed by atoms with Crippen LogP contribution in [0.25, 0.3) is 0 Å². The van der Waals surface area contributed by atoms with Gasteiger partial charge in [-0.2, -0.15) is 0 Å². The highest BCUT2D eigenvalue weighted by Crippen LogP contribution is 2.18. The number of pyridine rings is 1. The van der Waals surface area contributed by atoms with E-state index in [2.05, 4.69) is 26.2 Å². The molecule has 1 aromatic heterocycles. The minimum atomic E-state index is -0.142. The van der Waals surface area contributed by atoms with Crippen molar-refractivity contribution in [3.05, 3.63) is 64.4 Å². The zero-order valence-electron chi connectivity index (χ0n) is 11.5. The molecule has 4 nitrogen and oxygen atoms in total. The molecule has 0 aliphatic carbocycles. The van der Waals surface area contributed by atoms with Gasteiger partial charge in [0, 0.05) is 30.8 Å². The molecule has 0 fully saturated rings. The molecule has 0 aliphatic rings. The molecular weight excluding hydrogens is 332 g/mol. The van der Waals surface area contributed by atoms with Gasteiger partial charge in [0.05, 0.1) is 0 Å². The Morgan fingerprint density at radius 3 is 2.71 bits per heavy atom. The van der Waals surface area contributed by atoms with Gasteiger partial charge in [0.15, 0.2) is 0 Å². The Morgan fingerprint density at radius 2 is 2.05 bits per heavy atom. The highest BCUT2D eigenvalue weighted by molar-refractivity contribution is 9.10. The zero-order chi connectivity index (χ0) is 15.1. The maximum atomic E-state index is 12.1. The van der Waals surface area contributed by atoms with Gasteiger partial charge < -0.3 is 10.4 Å². The quantitative estimate of drug-likeness (QED) is 0.789. The normalized spacial score (nSPS) is 11.9. The monoisotopic (exact) mass is 348 g/mol. The van der Waals surface area contributed by atoms with Crippen LogP contribution in [0.3, 0.4) is 0 Å². The summed E-state index contributed by atoms with van der Waals surface area (Å²) < 4.78 is 0.630. The molecule has 1 aromatic carbocycles. The fraction of sp³-hybridized carbons (Fsp3) is 0.250. The molecule has 2 aromatic rings. The van der Waals surface area contributed by atoms with Crippen LogP contribution in [0.1, 0.15) is 28.3 Å². The van der Waals surface area contributed by atoms with Gasteiger partial charge in [-0.1, -0.05) is 30.3 Å². The first-order chi connectivity index (χ1) is 10.2. The number of hydrogen-bond donors (Lipinski definition) is 2. The van der Waals surface area contributed by atoms with E-state index in [1.54, 1.807) is 18.3 Å². The Hall–Kier alpha value is -1.72. The lowest BCUT2D eigenvalue weighted by molar-refractivity contribution is 0.0949. The van der Waals surface area contributed by atoms with Crippen LogP contribution in [0, 0.1) is 0 Å². The third-order valence-corrected chi connectivity index (χ3v) is 3.68. The van der Waals surface area contributed by atoms with Crippen molar-refractivity contribution in [3.63, 3.8) is 0 Å². The molecule has 1 unspecified atom stereocenters. The number of benzene rings is 1. The molecule has 0 saturated carbocycles. The molecule has 5 heteroatoms. The molecular formula is C16H17BrN2O2. The molecule has 1 atom stereocenters. The second-order valence-corrected chi connectivity index (χ2v) is 5.51. The van der Waals surface area contributed by atoms with Crippen LogP contribution >= 0.6 is 15.9 Å². The van der Waals surface area contributed by atoms with Gasteiger partial charge in [-0.05, 0) is 40.0 Å². The molecule has 0 radical (unpaired) electrons. The van der Waals surface area contributed by atoms with Crippen LogP contribution in [0.2, 0.25) is 0 Å². The molecule has 110 valence electrons. The number of nitrogens with zero attached hydrogens (tertiary/aromatic N) is 1. The van der Waals surface area contributed by atoms with Gasteiger partial charge in [-0.15, -0.1) is 0 Å². The topological polar surface area (TPSA) is 62.2 Å². The van der Waals surface area contributed by atoms with E-state index in [4.69, 9.17) is 0 Å². The average Bonchev–Trinajstić information content (AvgIpc) is 2.52. The summed E-state index contributed by atoms with van der Waals surface area (Å²) in [6.07, 6.45) is 2.20. The summed E-state index contributed by atoms with van der Waals surface area (Å²) in [5.41, 5.74) is 1.68. The fourth-order valence-electron chi connectivity index (χ4n) is 2.13. The first-order valence-electron chi connectivity index (χ1n) is 6.76. The third-order valence-electron chi connectivity index (χ3n) is 3.25. The minimum absolute atomic E-state index is 0.0935. The zero-order valence-corrected chi connectivity index (χ0v) is 13.1. The highest BCUT2D eigenvalue weighted by Gasteiger charge is 2.13. The summed E-state index contributed by atoms with van der Waals surface area (Å²) in [7, 11) is 0. The predicted octanol–water partition coefficient (Wildman–Crippen LogP) is 2.74. The smallest absolute Gasteiger partial charge is 0.251 e. The Morgan fingerprint density at radius 1 is 1.29 bits per heavy atom. The molecule has 0 spiro atoms. The lowest BCUT2D eigenvalue weighted by Gasteiger charge is -2.17. The summed E-state index contributed by atoms with van der Waals surface area (Å²) in [4.78, 5) is 16.1. The second kappa shape index (κ2) is 7.90. The molecule has 1 heterocycles. The summed E-state index contributed by atoms with van der Waals surface area (Å²) in [5, 5.41) is 12.1. The standard InChI is InChI=1S/C16H17BrN2O2/c17-15-10-13(6-8-18-15)16(21)19-11-14(7-9-20)12-4-2-1-3-5-12/h1-6,8,10,14,20H,7,9,11H2,(H,19,21). The number of carbonyl (C=O) groups is 1. The number of aliphatic hydroxyl groups is 1. The molecule has 2 rings (SSSR count). The van der Waals surface area contributed by atoms with E-state index in [-0.39, 0.29) is 18.4 Å². The Balaban J connectivity index is 2.00. The van der Waals surface area contributed by atoms with Gasteiger partial charge in [-0.3, -0.25) is 4.79 Å². The van der Waals surface area contributed by atoms with E-state index in [1.165, 1.54) is 0 Å². The van der Waals surface area contributed by atoms with E-state index in [0.717, 1.165) is 5.56 Å². The number of aromatic nitrogens is 1. The van der Waals surface area contributed by atoms with Crippen LogP contribution in [-0.2, 0) is 0 Å².